The van der Waals surface area contributed by atoms with Crippen molar-refractivity contribution in [2.75, 3.05) is 31.1 Å². The molecule has 1 fully saturated rings. The fourth-order valence-corrected chi connectivity index (χ4v) is 4.99. The van der Waals surface area contributed by atoms with Crippen molar-refractivity contribution >= 4 is 27.6 Å². The predicted octanol–water partition coefficient (Wildman–Crippen LogP) is 2.80. The van der Waals surface area contributed by atoms with Gasteiger partial charge in [0, 0.05) is 37.4 Å². The zero-order valence-corrected chi connectivity index (χ0v) is 20.6. The first kappa shape index (κ1) is 25.6. The smallest absolute Gasteiger partial charge is 0.338 e. The maximum Gasteiger partial charge on any atom is 0.338 e. The molecule has 2 aromatic carbocycles. The van der Waals surface area contributed by atoms with E-state index in [1.165, 1.54) is 47.6 Å². The van der Waals surface area contributed by atoms with Gasteiger partial charge in [0.2, 0.25) is 10.0 Å². The van der Waals surface area contributed by atoms with Crippen molar-refractivity contribution in [3.8, 4) is 0 Å². The molecular formula is C24H30FN3O5S. The highest BCUT2D eigenvalue weighted by atomic mass is 32.2. The fourth-order valence-electron chi connectivity index (χ4n) is 3.52. The molecule has 1 heterocycles. The molecule has 1 N–H and O–H groups in total. The van der Waals surface area contributed by atoms with Crippen LogP contribution < -0.4 is 10.2 Å². The number of amides is 1. The second-order valence-corrected chi connectivity index (χ2v) is 11.1. The van der Waals surface area contributed by atoms with Crippen molar-refractivity contribution in [3.05, 3.63) is 59.9 Å². The highest BCUT2D eigenvalue weighted by Gasteiger charge is 2.30. The van der Waals surface area contributed by atoms with E-state index in [1.54, 1.807) is 12.1 Å². The van der Waals surface area contributed by atoms with Gasteiger partial charge in [-0.2, -0.15) is 4.31 Å². The minimum absolute atomic E-state index is 0.0241. The monoisotopic (exact) mass is 491 g/mol. The van der Waals surface area contributed by atoms with Gasteiger partial charge in [-0.3, -0.25) is 4.79 Å². The van der Waals surface area contributed by atoms with E-state index in [0.29, 0.717) is 13.1 Å². The van der Waals surface area contributed by atoms with E-state index in [0.717, 1.165) is 5.69 Å². The quantitative estimate of drug-likeness (QED) is 0.625. The molecule has 8 nitrogen and oxygen atoms in total. The van der Waals surface area contributed by atoms with Gasteiger partial charge in [-0.05, 0) is 70.2 Å². The molecule has 0 spiro atoms. The topological polar surface area (TPSA) is 96.0 Å². The standard InChI is InChI=1S/C24H30FN3O5S/c1-17(22(29)26-24(2,3)4)33-23(30)18-6-5-7-21(16-18)34(31,32)28-14-12-27(13-15-28)20-10-8-19(25)9-11-20/h5-11,16-17H,12-15H2,1-4H3,(H,26,29). The van der Waals surface area contributed by atoms with Crippen LogP contribution in [0.2, 0.25) is 0 Å². The lowest BCUT2D eigenvalue weighted by Gasteiger charge is -2.35. The fraction of sp³-hybridized carbons (Fsp3) is 0.417. The highest BCUT2D eigenvalue weighted by molar-refractivity contribution is 7.89. The Hall–Kier alpha value is -2.98. The Labute approximate surface area is 199 Å². The molecule has 10 heteroatoms. The van der Waals surface area contributed by atoms with Crippen molar-refractivity contribution in [3.63, 3.8) is 0 Å². The molecule has 1 amide bonds. The van der Waals surface area contributed by atoms with E-state index in [-0.39, 0.29) is 29.4 Å². The molecule has 34 heavy (non-hydrogen) atoms. The van der Waals surface area contributed by atoms with E-state index in [2.05, 4.69) is 5.32 Å². The number of carbonyl (C=O) groups is 2. The number of hydrogen-bond acceptors (Lipinski definition) is 6. The van der Waals surface area contributed by atoms with Gasteiger partial charge in [0.05, 0.1) is 10.5 Å². The Balaban J connectivity index is 1.66. The summed E-state index contributed by atoms with van der Waals surface area (Å²) < 4.78 is 46.1. The second-order valence-electron chi connectivity index (χ2n) is 9.18. The van der Waals surface area contributed by atoms with Crippen LogP contribution >= 0.6 is 0 Å². The van der Waals surface area contributed by atoms with E-state index in [4.69, 9.17) is 4.74 Å². The summed E-state index contributed by atoms with van der Waals surface area (Å²) in [7, 11) is -3.84. The second kappa shape index (κ2) is 10.1. The average molecular weight is 492 g/mol. The lowest BCUT2D eigenvalue weighted by atomic mass is 10.1. The summed E-state index contributed by atoms with van der Waals surface area (Å²) >= 11 is 0. The molecule has 0 aromatic heterocycles. The maximum absolute atomic E-state index is 13.2. The summed E-state index contributed by atoms with van der Waals surface area (Å²) in [6.07, 6.45) is -1.04. The van der Waals surface area contributed by atoms with Gasteiger partial charge < -0.3 is 15.0 Å². The van der Waals surface area contributed by atoms with Crippen molar-refractivity contribution in [1.29, 1.82) is 0 Å². The maximum atomic E-state index is 13.2. The van der Waals surface area contributed by atoms with Crippen LogP contribution in [0, 0.1) is 5.82 Å². The minimum atomic E-state index is -3.84. The van der Waals surface area contributed by atoms with Crippen molar-refractivity contribution < 1.29 is 27.1 Å². The zero-order chi connectivity index (χ0) is 25.1. The highest BCUT2D eigenvalue weighted by Crippen LogP contribution is 2.22. The number of piperazine rings is 1. The predicted molar refractivity (Wildman–Crippen MR) is 127 cm³/mol. The van der Waals surface area contributed by atoms with Crippen LogP contribution in [0.5, 0.6) is 0 Å². The van der Waals surface area contributed by atoms with Crippen molar-refractivity contribution in [2.24, 2.45) is 0 Å². The third-order valence-corrected chi connectivity index (χ3v) is 7.18. The summed E-state index contributed by atoms with van der Waals surface area (Å²) in [4.78, 5) is 26.7. The normalized spacial score (nSPS) is 16.1. The molecular weight excluding hydrogens is 461 g/mol. The molecule has 2 aromatic rings. The lowest BCUT2D eigenvalue weighted by molar-refractivity contribution is -0.130. The number of esters is 1. The number of ether oxygens (including phenoxy) is 1. The number of nitrogens with zero attached hydrogens (tertiary/aromatic N) is 2. The zero-order valence-electron chi connectivity index (χ0n) is 19.7. The number of rotatable bonds is 6. The van der Waals surface area contributed by atoms with E-state index < -0.39 is 33.5 Å². The van der Waals surface area contributed by atoms with Crippen LogP contribution in [0.4, 0.5) is 10.1 Å². The number of nitrogens with one attached hydrogen (secondary N) is 1. The molecule has 1 unspecified atom stereocenters. The molecule has 1 atom stereocenters. The molecule has 1 saturated heterocycles. The van der Waals surface area contributed by atoms with Gasteiger partial charge in [0.1, 0.15) is 5.82 Å². The van der Waals surface area contributed by atoms with Gasteiger partial charge in [0.15, 0.2) is 6.10 Å². The first-order valence-electron chi connectivity index (χ1n) is 11.0. The number of halogens is 1. The molecule has 1 aliphatic rings. The van der Waals surface area contributed by atoms with Crippen molar-refractivity contribution in [2.45, 2.75) is 44.2 Å². The van der Waals surface area contributed by atoms with Gasteiger partial charge >= 0.3 is 5.97 Å². The minimum Gasteiger partial charge on any atom is -0.449 e. The molecule has 0 bridgehead atoms. The number of hydrogen-bond donors (Lipinski definition) is 1. The number of benzene rings is 2. The SMILES string of the molecule is CC(OC(=O)c1cccc(S(=O)(=O)N2CCN(c3ccc(F)cc3)CC2)c1)C(=O)NC(C)(C)C. The van der Waals surface area contributed by atoms with Gasteiger partial charge in [0.25, 0.3) is 5.91 Å². The summed E-state index contributed by atoms with van der Waals surface area (Å²) in [6, 6.07) is 11.7. The molecule has 3 rings (SSSR count). The van der Waals surface area contributed by atoms with Crippen LogP contribution in [0.25, 0.3) is 0 Å². The van der Waals surface area contributed by atoms with E-state index in [1.807, 2.05) is 25.7 Å². The molecule has 184 valence electrons. The molecule has 0 saturated carbocycles. The van der Waals surface area contributed by atoms with E-state index in [9.17, 15) is 22.4 Å². The van der Waals surface area contributed by atoms with Crippen LogP contribution in [-0.2, 0) is 19.6 Å². The lowest BCUT2D eigenvalue weighted by Crippen LogP contribution is -2.48. The summed E-state index contributed by atoms with van der Waals surface area (Å²) in [5.74, 6) is -1.55. The summed E-state index contributed by atoms with van der Waals surface area (Å²) in [5.41, 5.74) is 0.390. The summed E-state index contributed by atoms with van der Waals surface area (Å²) in [5, 5.41) is 2.73. The Kier molecular flexibility index (Phi) is 7.62. The largest absolute Gasteiger partial charge is 0.449 e. The molecule has 0 aliphatic carbocycles. The number of anilines is 1. The van der Waals surface area contributed by atoms with Gasteiger partial charge in [-0.1, -0.05) is 6.07 Å². The third kappa shape index (κ3) is 6.32. The van der Waals surface area contributed by atoms with Crippen LogP contribution in [0.15, 0.2) is 53.4 Å². The Bertz CT molecular complexity index is 1140. The number of sulfonamides is 1. The molecule has 1 aliphatic heterocycles. The Morgan fingerprint density at radius 1 is 1.03 bits per heavy atom. The first-order chi connectivity index (χ1) is 15.9. The van der Waals surface area contributed by atoms with Gasteiger partial charge in [-0.25, -0.2) is 17.6 Å². The van der Waals surface area contributed by atoms with Crippen LogP contribution in [0.3, 0.4) is 0 Å². The van der Waals surface area contributed by atoms with Crippen LogP contribution in [0.1, 0.15) is 38.1 Å². The summed E-state index contributed by atoms with van der Waals surface area (Å²) in [6.45, 7) is 8.30. The van der Waals surface area contributed by atoms with E-state index >= 15 is 0 Å². The number of carbonyl (C=O) groups excluding carboxylic acids is 2. The Morgan fingerprint density at radius 3 is 2.24 bits per heavy atom. The van der Waals surface area contributed by atoms with Crippen LogP contribution in [-0.4, -0.2) is 62.4 Å². The van der Waals surface area contributed by atoms with Gasteiger partial charge in [-0.15, -0.1) is 0 Å². The Morgan fingerprint density at radius 2 is 1.65 bits per heavy atom. The van der Waals surface area contributed by atoms with Crippen molar-refractivity contribution in [1.82, 2.24) is 9.62 Å². The average Bonchev–Trinajstić information content (AvgIpc) is 2.78. The third-order valence-electron chi connectivity index (χ3n) is 5.29. The molecule has 0 radical (unpaired) electrons. The first-order valence-corrected chi connectivity index (χ1v) is 12.4.